The van der Waals surface area contributed by atoms with Crippen LogP contribution in [0, 0.1) is 23.2 Å². The van der Waals surface area contributed by atoms with Crippen LogP contribution in [0.4, 0.5) is 5.95 Å². The third-order valence-corrected chi connectivity index (χ3v) is 5.57. The summed E-state index contributed by atoms with van der Waals surface area (Å²) < 4.78 is 3.26. The number of nitriles is 1. The summed E-state index contributed by atoms with van der Waals surface area (Å²) in [7, 11) is 0. The van der Waals surface area contributed by atoms with Gasteiger partial charge in [0.1, 0.15) is 6.07 Å². The third kappa shape index (κ3) is 4.16. The van der Waals surface area contributed by atoms with Gasteiger partial charge in [-0.15, -0.1) is 5.92 Å². The average molecular weight is 416 g/mol. The summed E-state index contributed by atoms with van der Waals surface area (Å²) in [5.41, 5.74) is 7.65. The van der Waals surface area contributed by atoms with Gasteiger partial charge in [0.2, 0.25) is 11.8 Å². The van der Waals surface area contributed by atoms with E-state index in [1.165, 1.54) is 4.57 Å². The number of anilines is 1. The van der Waals surface area contributed by atoms with E-state index in [4.69, 9.17) is 5.73 Å². The zero-order valence-electron chi connectivity index (χ0n) is 17.6. The van der Waals surface area contributed by atoms with Gasteiger partial charge < -0.3 is 10.6 Å². The molecule has 1 saturated heterocycles. The van der Waals surface area contributed by atoms with Gasteiger partial charge in [-0.2, -0.15) is 15.2 Å². The first-order valence-corrected chi connectivity index (χ1v) is 10.5. The van der Waals surface area contributed by atoms with Gasteiger partial charge >= 0.3 is 0 Å². The molecule has 31 heavy (non-hydrogen) atoms. The maximum absolute atomic E-state index is 13.5. The molecule has 1 unspecified atom stereocenters. The highest BCUT2D eigenvalue weighted by Crippen LogP contribution is 2.23. The summed E-state index contributed by atoms with van der Waals surface area (Å²) in [6.07, 6.45) is 2.55. The fraction of sp³-hybridized carbons (Fsp3) is 0.391. The van der Waals surface area contributed by atoms with Crippen molar-refractivity contribution in [1.29, 1.82) is 5.26 Å². The Labute approximate surface area is 180 Å². The fourth-order valence-corrected chi connectivity index (χ4v) is 4.02. The first kappa shape index (κ1) is 20.6. The number of imidazole rings is 1. The number of nitrogens with zero attached hydrogens (tertiary/aromatic N) is 6. The summed E-state index contributed by atoms with van der Waals surface area (Å²) >= 11 is 0. The second-order valence-electron chi connectivity index (χ2n) is 7.68. The smallest absolute Gasteiger partial charge is 0.280 e. The fourth-order valence-electron chi connectivity index (χ4n) is 4.02. The number of rotatable bonds is 5. The maximum Gasteiger partial charge on any atom is 0.280 e. The SMILES string of the molecule is CC#CCn1c(N2CCCC(N)C2)nc2nc(C#N)n(CCc3ccccc3)c(=O)c21. The largest absolute Gasteiger partial charge is 0.341 e. The van der Waals surface area contributed by atoms with Crippen LogP contribution in [0.15, 0.2) is 35.1 Å². The Kier molecular flexibility index (Phi) is 6.01. The van der Waals surface area contributed by atoms with Crippen molar-refractivity contribution in [3.63, 3.8) is 0 Å². The van der Waals surface area contributed by atoms with E-state index in [2.05, 4.69) is 32.8 Å². The van der Waals surface area contributed by atoms with Crippen molar-refractivity contribution < 1.29 is 0 Å². The highest BCUT2D eigenvalue weighted by atomic mass is 16.1. The number of fused-ring (bicyclic) bond motifs is 1. The van der Waals surface area contributed by atoms with Gasteiger partial charge in [-0.25, -0.2) is 0 Å². The van der Waals surface area contributed by atoms with E-state index in [1.807, 2.05) is 34.9 Å². The van der Waals surface area contributed by atoms with Gasteiger partial charge in [0, 0.05) is 25.7 Å². The molecule has 0 bridgehead atoms. The Hall–Kier alpha value is -3.62. The number of benzene rings is 1. The Morgan fingerprint density at radius 2 is 2.03 bits per heavy atom. The van der Waals surface area contributed by atoms with Crippen molar-refractivity contribution >= 4 is 17.1 Å². The van der Waals surface area contributed by atoms with Gasteiger partial charge in [-0.05, 0) is 31.7 Å². The molecule has 0 saturated carbocycles. The zero-order chi connectivity index (χ0) is 21.8. The van der Waals surface area contributed by atoms with Crippen LogP contribution in [-0.2, 0) is 19.5 Å². The van der Waals surface area contributed by atoms with Crippen LogP contribution in [0.1, 0.15) is 31.2 Å². The van der Waals surface area contributed by atoms with E-state index in [0.29, 0.717) is 37.5 Å². The van der Waals surface area contributed by atoms with Crippen molar-refractivity contribution in [3.05, 3.63) is 52.1 Å². The van der Waals surface area contributed by atoms with E-state index >= 15 is 0 Å². The second kappa shape index (κ2) is 9.03. The maximum atomic E-state index is 13.5. The number of aryl methyl sites for hydroxylation is 1. The Morgan fingerprint density at radius 3 is 2.74 bits per heavy atom. The second-order valence-corrected chi connectivity index (χ2v) is 7.68. The lowest BCUT2D eigenvalue weighted by Crippen LogP contribution is -2.44. The van der Waals surface area contributed by atoms with Gasteiger partial charge in [-0.3, -0.25) is 13.9 Å². The molecule has 4 rings (SSSR count). The molecule has 1 aromatic carbocycles. The molecule has 158 valence electrons. The molecule has 1 atom stereocenters. The van der Waals surface area contributed by atoms with Crippen molar-refractivity contribution in [2.24, 2.45) is 5.73 Å². The molecule has 1 aliphatic rings. The molecule has 3 aromatic rings. The van der Waals surface area contributed by atoms with Crippen LogP contribution in [-0.4, -0.2) is 38.2 Å². The minimum absolute atomic E-state index is 0.0597. The molecule has 0 aliphatic carbocycles. The van der Waals surface area contributed by atoms with Crippen LogP contribution in [0.2, 0.25) is 0 Å². The van der Waals surface area contributed by atoms with Gasteiger partial charge in [0.25, 0.3) is 5.56 Å². The molecular weight excluding hydrogens is 390 g/mol. The molecule has 0 radical (unpaired) electrons. The third-order valence-electron chi connectivity index (χ3n) is 5.57. The summed E-state index contributed by atoms with van der Waals surface area (Å²) in [5.74, 6) is 6.64. The lowest BCUT2D eigenvalue weighted by molar-refractivity contribution is 0.496. The Bertz CT molecular complexity index is 1240. The summed E-state index contributed by atoms with van der Waals surface area (Å²) in [6.45, 7) is 3.93. The predicted molar refractivity (Wildman–Crippen MR) is 120 cm³/mol. The Morgan fingerprint density at radius 1 is 1.23 bits per heavy atom. The number of hydrogen-bond donors (Lipinski definition) is 1. The van der Waals surface area contributed by atoms with E-state index < -0.39 is 0 Å². The summed E-state index contributed by atoms with van der Waals surface area (Å²) in [5, 5.41) is 9.64. The van der Waals surface area contributed by atoms with Gasteiger partial charge in [0.15, 0.2) is 11.2 Å². The minimum atomic E-state index is -0.268. The molecule has 8 nitrogen and oxygen atoms in total. The van der Waals surface area contributed by atoms with E-state index in [-0.39, 0.29) is 23.1 Å². The number of aromatic nitrogens is 4. The molecule has 2 aromatic heterocycles. The molecule has 1 fully saturated rings. The topological polar surface area (TPSA) is 106 Å². The molecule has 8 heteroatoms. The first-order chi connectivity index (χ1) is 15.1. The van der Waals surface area contributed by atoms with E-state index in [1.54, 1.807) is 6.92 Å². The molecule has 2 N–H and O–H groups in total. The van der Waals surface area contributed by atoms with Gasteiger partial charge in [-0.1, -0.05) is 36.3 Å². The monoisotopic (exact) mass is 415 g/mol. The summed E-state index contributed by atoms with van der Waals surface area (Å²) in [4.78, 5) is 24.7. The van der Waals surface area contributed by atoms with Crippen LogP contribution in [0.25, 0.3) is 11.2 Å². The average Bonchev–Trinajstić information content (AvgIpc) is 3.16. The lowest BCUT2D eigenvalue weighted by Gasteiger charge is -2.31. The van der Waals surface area contributed by atoms with Crippen molar-refractivity contribution in [1.82, 2.24) is 19.1 Å². The number of hydrogen-bond acceptors (Lipinski definition) is 6. The molecule has 0 spiro atoms. The van der Waals surface area contributed by atoms with Crippen molar-refractivity contribution in [2.75, 3.05) is 18.0 Å². The normalized spacial score (nSPS) is 16.0. The Balaban J connectivity index is 1.82. The van der Waals surface area contributed by atoms with Crippen LogP contribution >= 0.6 is 0 Å². The van der Waals surface area contributed by atoms with Crippen LogP contribution in [0.3, 0.4) is 0 Å². The van der Waals surface area contributed by atoms with Crippen molar-refractivity contribution in [2.45, 2.75) is 45.3 Å². The predicted octanol–water partition coefficient (Wildman–Crippen LogP) is 1.66. The molecule has 0 amide bonds. The standard InChI is InChI=1S/C23H25N7O/c1-2-3-13-30-20-21(27-23(30)28-12-7-10-18(25)16-28)26-19(15-24)29(22(20)31)14-11-17-8-5-4-6-9-17/h4-6,8-9,18H,7,10-14,16,25H2,1H3. The zero-order valence-corrected chi connectivity index (χ0v) is 17.6. The highest BCUT2D eigenvalue weighted by Gasteiger charge is 2.25. The molecular formula is C23H25N7O. The molecule has 1 aliphatic heterocycles. The first-order valence-electron chi connectivity index (χ1n) is 10.5. The minimum Gasteiger partial charge on any atom is -0.341 e. The van der Waals surface area contributed by atoms with Crippen LogP contribution < -0.4 is 16.2 Å². The quantitative estimate of drug-likeness (QED) is 0.635. The van der Waals surface area contributed by atoms with Crippen molar-refractivity contribution in [3.8, 4) is 17.9 Å². The number of piperidine rings is 1. The highest BCUT2D eigenvalue weighted by molar-refractivity contribution is 5.75. The molecule has 3 heterocycles. The van der Waals surface area contributed by atoms with Crippen LogP contribution in [0.5, 0.6) is 0 Å². The van der Waals surface area contributed by atoms with E-state index in [9.17, 15) is 10.1 Å². The summed E-state index contributed by atoms with van der Waals surface area (Å²) in [6, 6.07) is 12.0. The lowest BCUT2D eigenvalue weighted by atomic mass is 10.1. The van der Waals surface area contributed by atoms with E-state index in [0.717, 1.165) is 24.9 Å². The van der Waals surface area contributed by atoms with Gasteiger partial charge in [0.05, 0.1) is 6.54 Å². The number of nitrogens with two attached hydrogens (primary N) is 1.